The van der Waals surface area contributed by atoms with E-state index in [1.54, 1.807) is 12.1 Å². The molecule has 92 valence electrons. The lowest BCUT2D eigenvalue weighted by Gasteiger charge is -2.17. The lowest BCUT2D eigenvalue weighted by Crippen LogP contribution is -2.32. The Morgan fingerprint density at radius 2 is 2.11 bits per heavy atom. The molecule has 1 aromatic rings. The Morgan fingerprint density at radius 3 is 2.61 bits per heavy atom. The van der Waals surface area contributed by atoms with Gasteiger partial charge in [-0.2, -0.15) is 10.5 Å². The Kier molecular flexibility index (Phi) is 4.58. The summed E-state index contributed by atoms with van der Waals surface area (Å²) < 4.78 is 13.1. The van der Waals surface area contributed by atoms with Crippen molar-refractivity contribution >= 4 is 11.7 Å². The van der Waals surface area contributed by atoms with Crippen LogP contribution in [-0.4, -0.2) is 35.9 Å². The first-order chi connectivity index (χ1) is 8.63. The number of hydrogen-bond acceptors (Lipinski definition) is 5. The number of nitriles is 2. The molecule has 0 fully saturated rings. The summed E-state index contributed by atoms with van der Waals surface area (Å²) in [5.41, 5.74) is -0.0111. The molecule has 0 radical (unpaired) electrons. The lowest BCUT2D eigenvalue weighted by molar-refractivity contribution is 0.0795. The van der Waals surface area contributed by atoms with E-state index in [2.05, 4.69) is 10.3 Å². The average Bonchev–Trinajstić information content (AvgIpc) is 2.37. The van der Waals surface area contributed by atoms with Gasteiger partial charge in [0.05, 0.1) is 23.9 Å². The molecule has 1 aromatic heterocycles. The van der Waals surface area contributed by atoms with Gasteiger partial charge in [-0.05, 0) is 6.07 Å². The molecular weight excluding hydrogens is 237 g/mol. The van der Waals surface area contributed by atoms with Gasteiger partial charge in [-0.15, -0.1) is 0 Å². The Balaban J connectivity index is 3.12. The van der Waals surface area contributed by atoms with Crippen molar-refractivity contribution in [3.05, 3.63) is 23.6 Å². The minimum absolute atomic E-state index is 0.0111. The molecule has 0 unspecified atom stereocenters. The van der Waals surface area contributed by atoms with Crippen LogP contribution in [0.15, 0.2) is 12.3 Å². The molecule has 0 bridgehead atoms. The number of nitrogens with one attached hydrogen (secondary N) is 1. The molecule has 18 heavy (non-hydrogen) atoms. The predicted octanol–water partition coefficient (Wildman–Crippen LogP) is 0.752. The molecule has 6 nitrogen and oxygen atoms in total. The van der Waals surface area contributed by atoms with E-state index in [-0.39, 0.29) is 24.5 Å². The van der Waals surface area contributed by atoms with Gasteiger partial charge in [-0.1, -0.05) is 0 Å². The van der Waals surface area contributed by atoms with Crippen molar-refractivity contribution in [2.45, 2.75) is 0 Å². The zero-order valence-electron chi connectivity index (χ0n) is 9.64. The minimum Gasteiger partial charge on any atom is -0.372 e. The van der Waals surface area contributed by atoms with Crippen molar-refractivity contribution < 1.29 is 9.18 Å². The maximum Gasteiger partial charge on any atom is 0.259 e. The number of nitrogens with zero attached hydrogens (tertiary/aromatic N) is 4. The molecule has 1 amide bonds. The first kappa shape index (κ1) is 13.4. The van der Waals surface area contributed by atoms with Gasteiger partial charge >= 0.3 is 0 Å². The normalized spacial score (nSPS) is 9.11. The number of carbonyl (C=O) groups is 1. The smallest absolute Gasteiger partial charge is 0.259 e. The van der Waals surface area contributed by atoms with E-state index in [4.69, 9.17) is 10.5 Å². The summed E-state index contributed by atoms with van der Waals surface area (Å²) in [6.07, 6.45) is 0.974. The fourth-order valence-corrected chi connectivity index (χ4v) is 1.34. The van der Waals surface area contributed by atoms with E-state index in [1.165, 1.54) is 7.05 Å². The zero-order valence-corrected chi connectivity index (χ0v) is 9.64. The van der Waals surface area contributed by atoms with Crippen LogP contribution in [0, 0.1) is 28.5 Å². The van der Waals surface area contributed by atoms with E-state index < -0.39 is 11.7 Å². The van der Waals surface area contributed by atoms with E-state index in [0.29, 0.717) is 0 Å². The molecule has 0 saturated carbocycles. The van der Waals surface area contributed by atoms with Crippen molar-refractivity contribution in [2.24, 2.45) is 0 Å². The van der Waals surface area contributed by atoms with Gasteiger partial charge in [-0.25, -0.2) is 9.37 Å². The van der Waals surface area contributed by atoms with Gasteiger partial charge in [0.15, 0.2) is 0 Å². The standard InChI is InChI=1S/C11H10FN5O/c1-15-10-9(6-8(12)7-16-10)11(18)17(4-2-13)5-3-14/h6-7H,4-5H2,1H3,(H,15,16). The van der Waals surface area contributed by atoms with Crippen molar-refractivity contribution in [3.63, 3.8) is 0 Å². The van der Waals surface area contributed by atoms with E-state index in [0.717, 1.165) is 17.2 Å². The zero-order chi connectivity index (χ0) is 13.5. The predicted molar refractivity (Wildman–Crippen MR) is 60.9 cm³/mol. The van der Waals surface area contributed by atoms with Crippen LogP contribution in [0.4, 0.5) is 10.2 Å². The van der Waals surface area contributed by atoms with Gasteiger partial charge in [0, 0.05) is 7.05 Å². The third-order valence-corrected chi connectivity index (χ3v) is 2.13. The summed E-state index contributed by atoms with van der Waals surface area (Å²) >= 11 is 0. The third kappa shape index (κ3) is 2.92. The molecule has 7 heteroatoms. The number of amides is 1. The molecule has 0 aliphatic carbocycles. The maximum atomic E-state index is 13.1. The third-order valence-electron chi connectivity index (χ3n) is 2.13. The highest BCUT2D eigenvalue weighted by atomic mass is 19.1. The van der Waals surface area contributed by atoms with Crippen molar-refractivity contribution in [1.82, 2.24) is 9.88 Å². The van der Waals surface area contributed by atoms with Crippen LogP contribution < -0.4 is 5.32 Å². The largest absolute Gasteiger partial charge is 0.372 e. The lowest BCUT2D eigenvalue weighted by atomic mass is 10.2. The first-order valence-corrected chi connectivity index (χ1v) is 5.00. The van der Waals surface area contributed by atoms with Gasteiger partial charge < -0.3 is 10.2 Å². The van der Waals surface area contributed by atoms with Crippen LogP contribution in [0.25, 0.3) is 0 Å². The number of halogens is 1. The highest BCUT2D eigenvalue weighted by Crippen LogP contribution is 2.15. The van der Waals surface area contributed by atoms with Crippen LogP contribution >= 0.6 is 0 Å². The van der Waals surface area contributed by atoms with Crippen LogP contribution in [0.1, 0.15) is 10.4 Å². The number of aromatic nitrogens is 1. The summed E-state index contributed by atoms with van der Waals surface area (Å²) in [4.78, 5) is 16.8. The second kappa shape index (κ2) is 6.16. The van der Waals surface area contributed by atoms with Crippen molar-refractivity contribution in [1.29, 1.82) is 10.5 Å². The summed E-state index contributed by atoms with van der Waals surface area (Å²) in [6.45, 7) is -0.488. The average molecular weight is 247 g/mol. The summed E-state index contributed by atoms with van der Waals surface area (Å²) in [5.74, 6) is -1.08. The molecule has 0 spiro atoms. The maximum absolute atomic E-state index is 13.1. The van der Waals surface area contributed by atoms with Crippen LogP contribution in [-0.2, 0) is 0 Å². The van der Waals surface area contributed by atoms with E-state index in [9.17, 15) is 9.18 Å². The Bertz CT molecular complexity index is 515. The topological polar surface area (TPSA) is 92.8 Å². The van der Waals surface area contributed by atoms with E-state index in [1.807, 2.05) is 0 Å². The van der Waals surface area contributed by atoms with Crippen LogP contribution in [0.3, 0.4) is 0 Å². The van der Waals surface area contributed by atoms with Crippen LogP contribution in [0.2, 0.25) is 0 Å². The van der Waals surface area contributed by atoms with Crippen molar-refractivity contribution in [2.75, 3.05) is 25.5 Å². The molecule has 1 heterocycles. The van der Waals surface area contributed by atoms with Gasteiger partial charge in [-0.3, -0.25) is 4.79 Å². The molecule has 1 N–H and O–H groups in total. The van der Waals surface area contributed by atoms with Crippen LogP contribution in [0.5, 0.6) is 0 Å². The summed E-state index contributed by atoms with van der Waals surface area (Å²) in [7, 11) is 1.54. The molecule has 0 aromatic carbocycles. The Morgan fingerprint density at radius 1 is 1.50 bits per heavy atom. The second-order valence-electron chi connectivity index (χ2n) is 3.28. The molecule has 0 aliphatic rings. The highest BCUT2D eigenvalue weighted by molar-refractivity contribution is 5.98. The monoisotopic (exact) mass is 247 g/mol. The van der Waals surface area contributed by atoms with E-state index >= 15 is 0 Å². The fraction of sp³-hybridized carbons (Fsp3) is 0.273. The molecule has 1 rings (SSSR count). The SMILES string of the molecule is CNc1ncc(F)cc1C(=O)N(CC#N)CC#N. The number of carbonyl (C=O) groups excluding carboxylic acids is 1. The number of pyridine rings is 1. The number of anilines is 1. The second-order valence-corrected chi connectivity index (χ2v) is 3.28. The number of hydrogen-bond donors (Lipinski definition) is 1. The minimum atomic E-state index is -0.661. The quantitative estimate of drug-likeness (QED) is 0.792. The van der Waals surface area contributed by atoms with Gasteiger partial charge in [0.1, 0.15) is 24.7 Å². The highest BCUT2D eigenvalue weighted by Gasteiger charge is 2.19. The Labute approximate surface area is 103 Å². The summed E-state index contributed by atoms with van der Waals surface area (Å²) in [5, 5.41) is 19.8. The fourth-order valence-electron chi connectivity index (χ4n) is 1.34. The van der Waals surface area contributed by atoms with Crippen molar-refractivity contribution in [3.8, 4) is 12.1 Å². The molecular formula is C11H10FN5O. The first-order valence-electron chi connectivity index (χ1n) is 5.00. The van der Waals surface area contributed by atoms with Gasteiger partial charge in [0.2, 0.25) is 0 Å². The van der Waals surface area contributed by atoms with Gasteiger partial charge in [0.25, 0.3) is 5.91 Å². The molecule has 0 atom stereocenters. The molecule has 0 aliphatic heterocycles. The Hall–Kier alpha value is -2.67. The summed E-state index contributed by atoms with van der Waals surface area (Å²) in [6, 6.07) is 4.57. The molecule has 0 saturated heterocycles. The number of rotatable bonds is 4.